The number of aliphatic hydroxyl groups excluding tert-OH is 1. The van der Waals surface area contributed by atoms with Gasteiger partial charge in [-0.15, -0.1) is 0 Å². The van der Waals surface area contributed by atoms with Crippen LogP contribution in [0.15, 0.2) is 48.0 Å². The number of phenols is 1. The van der Waals surface area contributed by atoms with E-state index in [2.05, 4.69) is 4.90 Å². The van der Waals surface area contributed by atoms with Gasteiger partial charge in [0.2, 0.25) is 0 Å². The van der Waals surface area contributed by atoms with Gasteiger partial charge in [-0.05, 0) is 42.9 Å². The van der Waals surface area contributed by atoms with Crippen LogP contribution >= 0.6 is 0 Å². The Morgan fingerprint density at radius 2 is 1.78 bits per heavy atom. The van der Waals surface area contributed by atoms with Gasteiger partial charge in [0.15, 0.2) is 0 Å². The molecule has 7 nitrogen and oxygen atoms in total. The largest absolute Gasteiger partial charge is 0.507 e. The van der Waals surface area contributed by atoms with E-state index in [-0.39, 0.29) is 23.4 Å². The van der Waals surface area contributed by atoms with Gasteiger partial charge in [0.1, 0.15) is 23.1 Å². The normalized spacial score (nSPS) is 17.9. The number of hydrogen-bond donors (Lipinski definition) is 2. The third kappa shape index (κ3) is 4.45. The summed E-state index contributed by atoms with van der Waals surface area (Å²) in [4.78, 5) is 29.4. The van der Waals surface area contributed by atoms with Crippen molar-refractivity contribution in [2.75, 3.05) is 33.3 Å². The SMILES string of the molecule is CCN(CC)CCN1C(=O)C(=O)/C(=C(/O)c2ccc(OC)cc2O)C1c1ccc(F)cc1. The van der Waals surface area contributed by atoms with Gasteiger partial charge in [0.05, 0.1) is 24.3 Å². The van der Waals surface area contributed by atoms with Crippen LogP contribution in [0.3, 0.4) is 0 Å². The molecule has 2 N–H and O–H groups in total. The summed E-state index contributed by atoms with van der Waals surface area (Å²) < 4.78 is 18.6. The average Bonchev–Trinajstić information content (AvgIpc) is 3.04. The number of nitrogens with zero attached hydrogens (tertiary/aromatic N) is 2. The zero-order valence-corrected chi connectivity index (χ0v) is 18.3. The van der Waals surface area contributed by atoms with Crippen molar-refractivity contribution >= 4 is 17.4 Å². The van der Waals surface area contributed by atoms with Crippen LogP contribution in [0, 0.1) is 5.82 Å². The maximum absolute atomic E-state index is 13.6. The van der Waals surface area contributed by atoms with Crippen LogP contribution in [0.2, 0.25) is 0 Å². The smallest absolute Gasteiger partial charge is 0.295 e. The molecule has 1 atom stereocenters. The van der Waals surface area contributed by atoms with Crippen molar-refractivity contribution < 1.29 is 28.9 Å². The van der Waals surface area contributed by atoms with E-state index in [1.807, 2.05) is 13.8 Å². The molecule has 1 fully saturated rings. The molecule has 0 aromatic heterocycles. The molecular weight excluding hydrogens is 415 g/mol. The van der Waals surface area contributed by atoms with E-state index in [9.17, 15) is 24.2 Å². The molecule has 0 saturated carbocycles. The second kappa shape index (κ2) is 9.82. The Morgan fingerprint density at radius 1 is 1.12 bits per heavy atom. The second-order valence-corrected chi connectivity index (χ2v) is 7.45. The van der Waals surface area contributed by atoms with Crippen LogP contribution in [-0.2, 0) is 9.59 Å². The van der Waals surface area contributed by atoms with E-state index in [1.165, 1.54) is 54.5 Å². The number of ketones is 1. The number of benzene rings is 2. The summed E-state index contributed by atoms with van der Waals surface area (Å²) in [7, 11) is 1.43. The van der Waals surface area contributed by atoms with Gasteiger partial charge in [0, 0.05) is 19.2 Å². The zero-order valence-electron chi connectivity index (χ0n) is 18.3. The monoisotopic (exact) mass is 442 g/mol. The van der Waals surface area contributed by atoms with Crippen LogP contribution in [0.1, 0.15) is 31.0 Å². The molecule has 1 aliphatic rings. The van der Waals surface area contributed by atoms with E-state index in [1.54, 1.807) is 0 Å². The zero-order chi connectivity index (χ0) is 23.4. The van der Waals surface area contributed by atoms with Gasteiger partial charge in [-0.2, -0.15) is 0 Å². The number of carbonyl (C=O) groups excluding carboxylic acids is 2. The van der Waals surface area contributed by atoms with E-state index in [0.717, 1.165) is 13.1 Å². The summed E-state index contributed by atoms with van der Waals surface area (Å²) in [5.41, 5.74) is 0.334. The van der Waals surface area contributed by atoms with Crippen molar-refractivity contribution in [2.45, 2.75) is 19.9 Å². The molecule has 0 radical (unpaired) electrons. The maximum atomic E-state index is 13.6. The number of phenolic OH excluding ortho intramolecular Hbond substituents is 1. The summed E-state index contributed by atoms with van der Waals surface area (Å²) >= 11 is 0. The third-order valence-electron chi connectivity index (χ3n) is 5.74. The minimum absolute atomic E-state index is 0.000320. The lowest BCUT2D eigenvalue weighted by atomic mass is 9.95. The Kier molecular flexibility index (Phi) is 7.15. The highest BCUT2D eigenvalue weighted by molar-refractivity contribution is 6.46. The lowest BCUT2D eigenvalue weighted by molar-refractivity contribution is -0.140. The average molecular weight is 442 g/mol. The molecular formula is C24H27FN2O5. The Bertz CT molecular complexity index is 1030. The Hall–Kier alpha value is -3.39. The predicted octanol–water partition coefficient (Wildman–Crippen LogP) is 3.30. The van der Waals surface area contributed by atoms with Gasteiger partial charge in [0.25, 0.3) is 11.7 Å². The number of hydrogen-bond acceptors (Lipinski definition) is 6. The van der Waals surface area contributed by atoms with Crippen molar-refractivity contribution in [3.63, 3.8) is 0 Å². The number of aromatic hydroxyl groups is 1. The second-order valence-electron chi connectivity index (χ2n) is 7.45. The third-order valence-corrected chi connectivity index (χ3v) is 5.74. The Balaban J connectivity index is 2.12. The topological polar surface area (TPSA) is 90.3 Å². The van der Waals surface area contributed by atoms with Crippen LogP contribution < -0.4 is 4.74 Å². The molecule has 2 aromatic rings. The molecule has 2 aromatic carbocycles. The molecule has 1 heterocycles. The van der Waals surface area contributed by atoms with Crippen molar-refractivity contribution in [1.29, 1.82) is 0 Å². The fraction of sp³-hybridized carbons (Fsp3) is 0.333. The summed E-state index contributed by atoms with van der Waals surface area (Å²) in [5, 5.41) is 21.4. The minimum atomic E-state index is -0.910. The van der Waals surface area contributed by atoms with E-state index < -0.39 is 29.3 Å². The number of carbonyl (C=O) groups is 2. The number of likely N-dealkylation sites (N-methyl/N-ethyl adjacent to an activating group) is 1. The molecule has 170 valence electrons. The molecule has 0 bridgehead atoms. The first kappa shape index (κ1) is 23.3. The van der Waals surface area contributed by atoms with Crippen molar-refractivity contribution in [3.05, 3.63) is 65.0 Å². The number of rotatable bonds is 8. The van der Waals surface area contributed by atoms with Crippen molar-refractivity contribution in [3.8, 4) is 11.5 Å². The number of methoxy groups -OCH3 is 1. The lowest BCUT2D eigenvalue weighted by Crippen LogP contribution is -2.38. The number of ether oxygens (including phenoxy) is 1. The number of halogens is 1. The molecule has 8 heteroatoms. The van der Waals surface area contributed by atoms with Crippen LogP contribution in [0.5, 0.6) is 11.5 Å². The van der Waals surface area contributed by atoms with Gasteiger partial charge in [-0.1, -0.05) is 26.0 Å². The number of Topliss-reactive ketones (excluding diaryl/α,β-unsaturated/α-hetero) is 1. The minimum Gasteiger partial charge on any atom is -0.507 e. The van der Waals surface area contributed by atoms with Crippen LogP contribution in [0.4, 0.5) is 4.39 Å². The lowest BCUT2D eigenvalue weighted by Gasteiger charge is -2.28. The quantitative estimate of drug-likeness (QED) is 0.370. The molecule has 0 spiro atoms. The first-order chi connectivity index (χ1) is 15.3. The molecule has 0 aliphatic carbocycles. The van der Waals surface area contributed by atoms with Crippen molar-refractivity contribution in [2.24, 2.45) is 0 Å². The molecule has 3 rings (SSSR count). The molecule has 1 aliphatic heterocycles. The summed E-state index contributed by atoms with van der Waals surface area (Å²) in [6.45, 7) is 6.34. The standard InChI is InChI=1S/C24H27FN2O5/c1-4-26(5-2)12-13-27-21(15-6-8-16(25)9-7-15)20(23(30)24(27)31)22(29)18-11-10-17(32-3)14-19(18)28/h6-11,14,21,28-29H,4-5,12-13H2,1-3H3/b22-20+. The fourth-order valence-electron chi connectivity index (χ4n) is 3.88. The van der Waals surface area contributed by atoms with Gasteiger partial charge < -0.3 is 24.7 Å². The fourth-order valence-corrected chi connectivity index (χ4v) is 3.88. The van der Waals surface area contributed by atoms with Crippen molar-refractivity contribution in [1.82, 2.24) is 9.80 Å². The molecule has 1 saturated heterocycles. The Labute approximate surface area is 186 Å². The number of amides is 1. The predicted molar refractivity (Wildman–Crippen MR) is 118 cm³/mol. The highest BCUT2D eigenvalue weighted by Gasteiger charge is 2.46. The first-order valence-electron chi connectivity index (χ1n) is 10.5. The Morgan fingerprint density at radius 3 is 2.34 bits per heavy atom. The van der Waals surface area contributed by atoms with E-state index in [4.69, 9.17) is 4.74 Å². The number of likely N-dealkylation sites (tertiary alicyclic amines) is 1. The van der Waals surface area contributed by atoms with Gasteiger partial charge in [-0.25, -0.2) is 4.39 Å². The summed E-state index contributed by atoms with van der Waals surface area (Å²) in [6.07, 6.45) is 0. The van der Waals surface area contributed by atoms with E-state index in [0.29, 0.717) is 17.9 Å². The molecule has 1 amide bonds. The first-order valence-corrected chi connectivity index (χ1v) is 10.5. The summed E-state index contributed by atoms with van der Waals surface area (Å²) in [6, 6.07) is 8.78. The van der Waals surface area contributed by atoms with Gasteiger partial charge in [-0.3, -0.25) is 9.59 Å². The highest BCUT2D eigenvalue weighted by atomic mass is 19.1. The van der Waals surface area contributed by atoms with Gasteiger partial charge >= 0.3 is 0 Å². The number of aliphatic hydroxyl groups is 1. The van der Waals surface area contributed by atoms with Crippen LogP contribution in [-0.4, -0.2) is 65.0 Å². The summed E-state index contributed by atoms with van der Waals surface area (Å²) in [5.74, 6) is -2.49. The maximum Gasteiger partial charge on any atom is 0.295 e. The molecule has 32 heavy (non-hydrogen) atoms. The highest BCUT2D eigenvalue weighted by Crippen LogP contribution is 2.41. The van der Waals surface area contributed by atoms with E-state index >= 15 is 0 Å². The van der Waals surface area contributed by atoms with Crippen LogP contribution in [0.25, 0.3) is 5.76 Å². The molecule has 1 unspecified atom stereocenters.